The Bertz CT molecular complexity index is 631. The monoisotopic (exact) mass is 397 g/mol. The second-order valence-electron chi connectivity index (χ2n) is 5.16. The van der Waals surface area contributed by atoms with E-state index in [1.807, 2.05) is 5.38 Å². The highest BCUT2D eigenvalue weighted by molar-refractivity contribution is 9.10. The number of amides is 1. The van der Waals surface area contributed by atoms with Crippen LogP contribution in [-0.4, -0.2) is 31.3 Å². The van der Waals surface area contributed by atoms with Crippen molar-refractivity contribution in [1.29, 1.82) is 0 Å². The standard InChI is InChI=1S/C17H20BrNO3S/c1-22-14-2-3-16(18)15(10-14)17(21)19-7-4-12(5-8-20)13-6-9-23-11-13/h2-3,6,9-12,20H,4-5,7-8H2,1H3,(H,19,21)/t12-/m0/s1. The third-order valence-electron chi connectivity index (χ3n) is 3.69. The first kappa shape index (κ1) is 18.0. The van der Waals surface area contributed by atoms with Crippen LogP contribution < -0.4 is 10.1 Å². The number of methoxy groups -OCH3 is 1. The molecular formula is C17H20BrNO3S. The van der Waals surface area contributed by atoms with Gasteiger partial charge in [0.15, 0.2) is 0 Å². The predicted octanol–water partition coefficient (Wildman–Crippen LogP) is 3.81. The molecule has 0 saturated heterocycles. The number of carbonyl (C=O) groups is 1. The zero-order chi connectivity index (χ0) is 16.7. The highest BCUT2D eigenvalue weighted by Gasteiger charge is 2.14. The second kappa shape index (κ2) is 9.05. The molecule has 1 atom stereocenters. The number of aliphatic hydroxyl groups excluding tert-OH is 1. The minimum atomic E-state index is -0.135. The Kier molecular flexibility index (Phi) is 7.08. The van der Waals surface area contributed by atoms with E-state index in [9.17, 15) is 9.90 Å². The first-order valence-electron chi connectivity index (χ1n) is 7.40. The van der Waals surface area contributed by atoms with Crippen LogP contribution in [-0.2, 0) is 0 Å². The van der Waals surface area contributed by atoms with Gasteiger partial charge < -0.3 is 15.2 Å². The number of carbonyl (C=O) groups excluding carboxylic acids is 1. The lowest BCUT2D eigenvalue weighted by atomic mass is 9.95. The van der Waals surface area contributed by atoms with Crippen LogP contribution in [0, 0.1) is 0 Å². The molecule has 124 valence electrons. The lowest BCUT2D eigenvalue weighted by molar-refractivity contribution is 0.0951. The molecule has 2 N–H and O–H groups in total. The van der Waals surface area contributed by atoms with E-state index in [2.05, 4.69) is 32.7 Å². The fraction of sp³-hybridized carbons (Fsp3) is 0.353. The molecule has 2 aromatic rings. The van der Waals surface area contributed by atoms with Crippen LogP contribution in [0.2, 0.25) is 0 Å². The first-order chi connectivity index (χ1) is 11.2. The number of aliphatic hydroxyl groups is 1. The van der Waals surface area contributed by atoms with E-state index in [4.69, 9.17) is 4.74 Å². The van der Waals surface area contributed by atoms with Gasteiger partial charge in [0.05, 0.1) is 12.7 Å². The fourth-order valence-corrected chi connectivity index (χ4v) is 3.57. The summed E-state index contributed by atoms with van der Waals surface area (Å²) in [6.45, 7) is 0.707. The Morgan fingerprint density at radius 2 is 2.22 bits per heavy atom. The SMILES string of the molecule is COc1ccc(Br)c(C(=O)NCC[C@@H](CCO)c2ccsc2)c1. The molecule has 23 heavy (non-hydrogen) atoms. The maximum Gasteiger partial charge on any atom is 0.252 e. The maximum absolute atomic E-state index is 12.3. The van der Waals surface area contributed by atoms with Gasteiger partial charge in [-0.25, -0.2) is 0 Å². The highest BCUT2D eigenvalue weighted by atomic mass is 79.9. The number of hydrogen-bond acceptors (Lipinski definition) is 4. The van der Waals surface area contributed by atoms with Crippen molar-refractivity contribution < 1.29 is 14.6 Å². The average molecular weight is 398 g/mol. The Labute approximate surface area is 148 Å². The third kappa shape index (κ3) is 5.06. The summed E-state index contributed by atoms with van der Waals surface area (Å²) in [5.41, 5.74) is 1.78. The molecule has 6 heteroatoms. The number of thiophene rings is 1. The molecule has 0 radical (unpaired) electrons. The molecule has 0 saturated carbocycles. The first-order valence-corrected chi connectivity index (χ1v) is 9.14. The number of ether oxygens (including phenoxy) is 1. The molecule has 0 aliphatic rings. The molecule has 0 fully saturated rings. The van der Waals surface area contributed by atoms with Crippen LogP contribution in [0.25, 0.3) is 0 Å². The number of rotatable bonds is 8. The lowest BCUT2D eigenvalue weighted by Gasteiger charge is -2.15. The Hall–Kier alpha value is -1.37. The van der Waals surface area contributed by atoms with E-state index in [-0.39, 0.29) is 18.4 Å². The predicted molar refractivity (Wildman–Crippen MR) is 96.4 cm³/mol. The average Bonchev–Trinajstić information content (AvgIpc) is 3.08. The van der Waals surface area contributed by atoms with Crippen molar-refractivity contribution in [3.63, 3.8) is 0 Å². The van der Waals surface area contributed by atoms with Crippen molar-refractivity contribution in [2.45, 2.75) is 18.8 Å². The minimum absolute atomic E-state index is 0.135. The summed E-state index contributed by atoms with van der Waals surface area (Å²) in [6.07, 6.45) is 1.50. The zero-order valence-electron chi connectivity index (χ0n) is 12.9. The van der Waals surface area contributed by atoms with Gasteiger partial charge in [-0.05, 0) is 75.3 Å². The van der Waals surface area contributed by atoms with Crippen molar-refractivity contribution in [1.82, 2.24) is 5.32 Å². The quantitative estimate of drug-likeness (QED) is 0.711. The molecule has 0 aliphatic carbocycles. The molecule has 1 heterocycles. The minimum Gasteiger partial charge on any atom is -0.497 e. The van der Waals surface area contributed by atoms with Gasteiger partial charge in [-0.15, -0.1) is 0 Å². The number of benzene rings is 1. The summed E-state index contributed by atoms with van der Waals surface area (Å²) in [5.74, 6) is 0.777. The third-order valence-corrected chi connectivity index (χ3v) is 5.08. The summed E-state index contributed by atoms with van der Waals surface area (Å²) in [6, 6.07) is 7.39. The van der Waals surface area contributed by atoms with E-state index in [1.165, 1.54) is 5.56 Å². The molecule has 2 rings (SSSR count). The Balaban J connectivity index is 1.93. The summed E-state index contributed by atoms with van der Waals surface area (Å²) in [5, 5.41) is 16.3. The van der Waals surface area contributed by atoms with Gasteiger partial charge in [0.25, 0.3) is 5.91 Å². The maximum atomic E-state index is 12.3. The molecule has 1 amide bonds. The van der Waals surface area contributed by atoms with Crippen molar-refractivity contribution in [3.8, 4) is 5.75 Å². The van der Waals surface area contributed by atoms with Crippen LogP contribution in [0.15, 0.2) is 39.5 Å². The number of nitrogens with one attached hydrogen (secondary N) is 1. The number of hydrogen-bond donors (Lipinski definition) is 2. The van der Waals surface area contributed by atoms with Gasteiger partial charge in [-0.2, -0.15) is 11.3 Å². The van der Waals surface area contributed by atoms with Crippen LogP contribution in [0.4, 0.5) is 0 Å². The largest absolute Gasteiger partial charge is 0.497 e. The van der Waals surface area contributed by atoms with Crippen LogP contribution >= 0.6 is 27.3 Å². The van der Waals surface area contributed by atoms with E-state index >= 15 is 0 Å². The van der Waals surface area contributed by atoms with Gasteiger partial charge in [-0.3, -0.25) is 4.79 Å². The van der Waals surface area contributed by atoms with Crippen LogP contribution in [0.5, 0.6) is 5.75 Å². The van der Waals surface area contributed by atoms with Crippen LogP contribution in [0.3, 0.4) is 0 Å². The van der Waals surface area contributed by atoms with Gasteiger partial charge in [0, 0.05) is 17.6 Å². The smallest absolute Gasteiger partial charge is 0.252 e. The normalized spacial score (nSPS) is 12.0. The van der Waals surface area contributed by atoms with E-state index in [0.717, 1.165) is 10.9 Å². The van der Waals surface area contributed by atoms with E-state index < -0.39 is 0 Å². The molecule has 4 nitrogen and oxygen atoms in total. The zero-order valence-corrected chi connectivity index (χ0v) is 15.3. The van der Waals surface area contributed by atoms with E-state index in [1.54, 1.807) is 36.6 Å². The van der Waals surface area contributed by atoms with Crippen LogP contribution in [0.1, 0.15) is 34.7 Å². The highest BCUT2D eigenvalue weighted by Crippen LogP contribution is 2.25. The van der Waals surface area contributed by atoms with Gasteiger partial charge >= 0.3 is 0 Å². The number of halogens is 1. The van der Waals surface area contributed by atoms with Crippen molar-refractivity contribution in [2.24, 2.45) is 0 Å². The van der Waals surface area contributed by atoms with Crippen molar-refractivity contribution in [2.75, 3.05) is 20.3 Å². The second-order valence-corrected chi connectivity index (χ2v) is 6.79. The van der Waals surface area contributed by atoms with Crippen molar-refractivity contribution >= 4 is 33.2 Å². The molecule has 0 aliphatic heterocycles. The summed E-state index contributed by atoms with van der Waals surface area (Å²) in [4.78, 5) is 12.3. The summed E-state index contributed by atoms with van der Waals surface area (Å²) < 4.78 is 5.89. The fourth-order valence-electron chi connectivity index (χ4n) is 2.40. The summed E-state index contributed by atoms with van der Waals surface area (Å²) in [7, 11) is 1.57. The van der Waals surface area contributed by atoms with Gasteiger partial charge in [0.1, 0.15) is 5.75 Å². The molecule has 0 spiro atoms. The van der Waals surface area contributed by atoms with Gasteiger partial charge in [-0.1, -0.05) is 0 Å². The Morgan fingerprint density at radius 1 is 1.39 bits per heavy atom. The molecule has 1 aromatic heterocycles. The van der Waals surface area contributed by atoms with Gasteiger partial charge in [0.2, 0.25) is 0 Å². The summed E-state index contributed by atoms with van der Waals surface area (Å²) >= 11 is 5.04. The molecular weight excluding hydrogens is 378 g/mol. The molecule has 1 aromatic carbocycles. The molecule has 0 bridgehead atoms. The lowest BCUT2D eigenvalue weighted by Crippen LogP contribution is -2.26. The van der Waals surface area contributed by atoms with E-state index in [0.29, 0.717) is 24.3 Å². The van der Waals surface area contributed by atoms with Crippen molar-refractivity contribution in [3.05, 3.63) is 50.6 Å². The Morgan fingerprint density at radius 3 is 2.87 bits per heavy atom. The topological polar surface area (TPSA) is 58.6 Å². The molecule has 0 unspecified atom stereocenters.